The monoisotopic (exact) mass is 207 g/mol. The molecule has 0 radical (unpaired) electrons. The largest absolute Gasteiger partial charge is 0.379 e. The minimum absolute atomic E-state index is 0.0352. The molecule has 0 aliphatic heterocycles. The Hall–Kier alpha value is -0.860. The second kappa shape index (κ2) is 5.29. The van der Waals surface area contributed by atoms with Gasteiger partial charge in [-0.3, -0.25) is 0 Å². The number of aryl methyl sites for hydroxylation is 1. The number of nitrogens with two attached hydrogens (primary N) is 1. The van der Waals surface area contributed by atoms with Crippen LogP contribution < -0.4 is 5.73 Å². The molecule has 0 bridgehead atoms. The molecule has 0 saturated heterocycles. The lowest BCUT2D eigenvalue weighted by Crippen LogP contribution is -2.22. The molecule has 2 heteroatoms. The fourth-order valence-corrected chi connectivity index (χ4v) is 1.39. The first-order valence-corrected chi connectivity index (χ1v) is 5.40. The number of rotatable bonds is 5. The summed E-state index contributed by atoms with van der Waals surface area (Å²) in [6, 6.07) is 8.48. The van der Waals surface area contributed by atoms with Crippen LogP contribution in [0.4, 0.5) is 0 Å². The highest BCUT2D eigenvalue weighted by Crippen LogP contribution is 2.17. The van der Waals surface area contributed by atoms with Crippen molar-refractivity contribution in [3.05, 3.63) is 35.4 Å². The van der Waals surface area contributed by atoms with E-state index >= 15 is 0 Å². The van der Waals surface area contributed by atoms with Crippen LogP contribution >= 0.6 is 0 Å². The molecule has 1 aromatic rings. The zero-order valence-corrected chi connectivity index (χ0v) is 9.92. The lowest BCUT2D eigenvalue weighted by molar-refractivity contribution is 0.0158. The summed E-state index contributed by atoms with van der Waals surface area (Å²) in [7, 11) is 1.76. The lowest BCUT2D eigenvalue weighted by atomic mass is 9.98. The molecule has 0 amide bonds. The van der Waals surface area contributed by atoms with Gasteiger partial charge >= 0.3 is 0 Å². The highest BCUT2D eigenvalue weighted by molar-refractivity contribution is 5.22. The van der Waals surface area contributed by atoms with Gasteiger partial charge in [0.05, 0.1) is 5.60 Å². The maximum absolute atomic E-state index is 5.54. The van der Waals surface area contributed by atoms with Crippen molar-refractivity contribution in [3.8, 4) is 0 Å². The summed E-state index contributed by atoms with van der Waals surface area (Å²) in [6.07, 6.45) is 2.08. The minimum Gasteiger partial charge on any atom is -0.379 e. The fraction of sp³-hybridized carbons (Fsp3) is 0.538. The summed E-state index contributed by atoms with van der Waals surface area (Å²) in [5, 5.41) is 0. The summed E-state index contributed by atoms with van der Waals surface area (Å²) >= 11 is 0. The molecular weight excluding hydrogens is 186 g/mol. The average molecular weight is 207 g/mol. The molecule has 0 aliphatic rings. The average Bonchev–Trinajstić information content (AvgIpc) is 2.27. The molecule has 0 aromatic heterocycles. The maximum atomic E-state index is 5.54. The third-order valence-electron chi connectivity index (χ3n) is 2.83. The molecule has 0 fully saturated rings. The number of hydrogen-bond acceptors (Lipinski definition) is 2. The molecule has 2 nitrogen and oxygen atoms in total. The van der Waals surface area contributed by atoms with Crippen molar-refractivity contribution in [3.63, 3.8) is 0 Å². The Kier molecular flexibility index (Phi) is 4.30. The van der Waals surface area contributed by atoms with Gasteiger partial charge < -0.3 is 10.5 Å². The van der Waals surface area contributed by atoms with E-state index in [2.05, 4.69) is 38.1 Å². The van der Waals surface area contributed by atoms with Crippen LogP contribution in [-0.4, -0.2) is 12.7 Å². The van der Waals surface area contributed by atoms with Crippen molar-refractivity contribution < 1.29 is 4.74 Å². The van der Waals surface area contributed by atoms with Crippen LogP contribution in [-0.2, 0) is 17.7 Å². The standard InChI is InChI=1S/C13H21NO/c1-13(2,15-3)9-8-11-4-6-12(10-14)7-5-11/h4-7H,8-10,14H2,1-3H3. The Bertz CT molecular complexity index is 290. The highest BCUT2D eigenvalue weighted by atomic mass is 16.5. The molecule has 0 atom stereocenters. The highest BCUT2D eigenvalue weighted by Gasteiger charge is 2.15. The Morgan fingerprint density at radius 2 is 1.67 bits per heavy atom. The van der Waals surface area contributed by atoms with E-state index in [1.54, 1.807) is 7.11 Å². The SMILES string of the molecule is COC(C)(C)CCc1ccc(CN)cc1. The van der Waals surface area contributed by atoms with Gasteiger partial charge in [0.2, 0.25) is 0 Å². The zero-order chi connectivity index (χ0) is 11.3. The van der Waals surface area contributed by atoms with E-state index in [9.17, 15) is 0 Å². The van der Waals surface area contributed by atoms with Crippen molar-refractivity contribution in [2.24, 2.45) is 5.73 Å². The fourth-order valence-electron chi connectivity index (χ4n) is 1.39. The van der Waals surface area contributed by atoms with Crippen molar-refractivity contribution in [1.82, 2.24) is 0 Å². The van der Waals surface area contributed by atoms with Gasteiger partial charge in [0, 0.05) is 13.7 Å². The molecule has 0 saturated carbocycles. The molecule has 0 spiro atoms. The van der Waals surface area contributed by atoms with Crippen LogP contribution in [0.1, 0.15) is 31.4 Å². The van der Waals surface area contributed by atoms with E-state index in [0.29, 0.717) is 6.54 Å². The molecule has 0 unspecified atom stereocenters. The molecular formula is C13H21NO. The summed E-state index contributed by atoms with van der Waals surface area (Å²) in [6.45, 7) is 4.84. The molecule has 1 rings (SSSR count). The third kappa shape index (κ3) is 4.02. The topological polar surface area (TPSA) is 35.2 Å². The summed E-state index contributed by atoms with van der Waals surface area (Å²) < 4.78 is 5.38. The predicted octanol–water partition coefficient (Wildman–Crippen LogP) is 2.50. The van der Waals surface area contributed by atoms with Gasteiger partial charge in [-0.1, -0.05) is 24.3 Å². The van der Waals surface area contributed by atoms with Gasteiger partial charge in [0.25, 0.3) is 0 Å². The molecule has 1 aromatic carbocycles. The smallest absolute Gasteiger partial charge is 0.0625 e. The summed E-state index contributed by atoms with van der Waals surface area (Å²) in [5.74, 6) is 0. The van der Waals surface area contributed by atoms with Crippen LogP contribution in [0.25, 0.3) is 0 Å². The van der Waals surface area contributed by atoms with E-state index in [1.807, 2.05) is 0 Å². The molecule has 84 valence electrons. The van der Waals surface area contributed by atoms with Gasteiger partial charge in [0.1, 0.15) is 0 Å². The van der Waals surface area contributed by atoms with E-state index in [-0.39, 0.29) is 5.60 Å². The van der Waals surface area contributed by atoms with Gasteiger partial charge in [-0.2, -0.15) is 0 Å². The van der Waals surface area contributed by atoms with Crippen LogP contribution in [0.3, 0.4) is 0 Å². The second-order valence-corrected chi connectivity index (χ2v) is 4.48. The van der Waals surface area contributed by atoms with Crippen molar-refractivity contribution in [2.45, 2.75) is 38.8 Å². The van der Waals surface area contributed by atoms with Crippen molar-refractivity contribution in [2.75, 3.05) is 7.11 Å². The number of benzene rings is 1. The Morgan fingerprint density at radius 3 is 2.13 bits per heavy atom. The van der Waals surface area contributed by atoms with Crippen LogP contribution in [0.5, 0.6) is 0 Å². The minimum atomic E-state index is -0.0352. The third-order valence-corrected chi connectivity index (χ3v) is 2.83. The number of methoxy groups -OCH3 is 1. The van der Waals surface area contributed by atoms with Gasteiger partial charge in [-0.05, 0) is 37.8 Å². The van der Waals surface area contributed by atoms with Crippen molar-refractivity contribution in [1.29, 1.82) is 0 Å². The zero-order valence-electron chi connectivity index (χ0n) is 9.92. The van der Waals surface area contributed by atoms with Crippen LogP contribution in [0.15, 0.2) is 24.3 Å². The van der Waals surface area contributed by atoms with E-state index < -0.39 is 0 Å². The summed E-state index contributed by atoms with van der Waals surface area (Å²) in [4.78, 5) is 0. The van der Waals surface area contributed by atoms with Gasteiger partial charge in [-0.15, -0.1) is 0 Å². The molecule has 15 heavy (non-hydrogen) atoms. The van der Waals surface area contributed by atoms with Gasteiger partial charge in [0.15, 0.2) is 0 Å². The first-order valence-electron chi connectivity index (χ1n) is 5.40. The quantitative estimate of drug-likeness (QED) is 0.805. The second-order valence-electron chi connectivity index (χ2n) is 4.48. The van der Waals surface area contributed by atoms with Crippen molar-refractivity contribution >= 4 is 0 Å². The number of ether oxygens (including phenoxy) is 1. The lowest BCUT2D eigenvalue weighted by Gasteiger charge is -2.22. The first-order chi connectivity index (χ1) is 7.07. The maximum Gasteiger partial charge on any atom is 0.0625 e. The van der Waals surface area contributed by atoms with Crippen LogP contribution in [0, 0.1) is 0 Å². The Morgan fingerprint density at radius 1 is 1.13 bits per heavy atom. The number of hydrogen-bond donors (Lipinski definition) is 1. The van der Waals surface area contributed by atoms with Gasteiger partial charge in [-0.25, -0.2) is 0 Å². The molecule has 0 heterocycles. The Labute approximate surface area is 92.4 Å². The van der Waals surface area contributed by atoms with E-state index in [1.165, 1.54) is 11.1 Å². The predicted molar refractivity (Wildman–Crippen MR) is 63.7 cm³/mol. The first kappa shape index (κ1) is 12.2. The molecule has 0 aliphatic carbocycles. The molecule has 2 N–H and O–H groups in total. The van der Waals surface area contributed by atoms with E-state index in [4.69, 9.17) is 10.5 Å². The normalized spacial score (nSPS) is 11.7. The Balaban J connectivity index is 2.51. The van der Waals surface area contributed by atoms with Crippen LogP contribution in [0.2, 0.25) is 0 Å². The van der Waals surface area contributed by atoms with E-state index in [0.717, 1.165) is 12.8 Å². The summed E-state index contributed by atoms with van der Waals surface area (Å²) in [5.41, 5.74) is 8.04.